The number of hydrogen-bond donors (Lipinski definition) is 2. The number of halogens is 6. The first-order valence-corrected chi connectivity index (χ1v) is 28.0. The first-order chi connectivity index (χ1) is 39.0. The number of carbonyl (C=O) groups is 1. The normalized spacial score (nSPS) is 11.6. The number of alkyl halides is 2. The molecule has 0 saturated carbocycles. The average Bonchev–Trinajstić information content (AvgIpc) is 1.84. The van der Waals surface area contributed by atoms with Crippen LogP contribution < -0.4 is 15.5 Å². The largest absolute Gasteiger partial charge is 0.618 e. The summed E-state index contributed by atoms with van der Waals surface area (Å²) in [6.07, 6.45) is 6.26. The number of nitriles is 1. The molecule has 0 aliphatic heterocycles. The second kappa shape index (κ2) is 35.4. The van der Waals surface area contributed by atoms with Crippen molar-refractivity contribution >= 4 is 17.5 Å². The van der Waals surface area contributed by atoms with Crippen molar-refractivity contribution in [1.29, 1.82) is 5.26 Å². The van der Waals surface area contributed by atoms with Gasteiger partial charge in [-0.05, 0) is 76.6 Å². The number of pyridine rings is 5. The van der Waals surface area contributed by atoms with Gasteiger partial charge >= 0.3 is 0 Å². The molecule has 2 N–H and O–H groups in total. The molecule has 86 heavy (non-hydrogen) atoms. The van der Waals surface area contributed by atoms with Gasteiger partial charge in [-0.3, -0.25) is 31.8 Å². The third-order valence-electron chi connectivity index (χ3n) is 11.7. The Morgan fingerprint density at radius 1 is 0.640 bits per heavy atom. The minimum atomic E-state index is -3.20. The smallest absolute Gasteiger partial charge is 0.264 e. The van der Waals surface area contributed by atoms with Crippen LogP contribution in [0.15, 0.2) is 151 Å². The molecule has 0 unspecified atom stereocenters. The Hall–Kier alpha value is -6.41. The van der Waals surface area contributed by atoms with Crippen LogP contribution in [-0.2, 0) is 76.4 Å². The van der Waals surface area contributed by atoms with Crippen molar-refractivity contribution in [1.82, 2.24) is 25.0 Å². The summed E-state index contributed by atoms with van der Waals surface area (Å²) in [5.74, 6) is -5.34. The molecule has 5 aromatic heterocycles. The first kappa shape index (κ1) is 79.6. The number of rotatable bonds is 4. The van der Waals surface area contributed by atoms with E-state index >= 15 is 0 Å². The summed E-state index contributed by atoms with van der Waals surface area (Å²) in [7, 11) is 3.11. The summed E-state index contributed by atoms with van der Waals surface area (Å²) in [4.78, 5) is 27.0. The summed E-state index contributed by atoms with van der Waals surface area (Å²) in [6.45, 7) is 36.9. The molecule has 1 amide bonds. The van der Waals surface area contributed by atoms with Crippen LogP contribution in [-0.4, -0.2) is 43.3 Å². The molecular formula is C68H89ClF5N8O3Y-. The van der Waals surface area contributed by atoms with Crippen molar-refractivity contribution in [2.24, 2.45) is 4.99 Å². The van der Waals surface area contributed by atoms with Crippen LogP contribution in [0, 0.1) is 41.0 Å². The standard InChI is InChI=1S/C12H12F3N4O2.C10H13F.C10H14.C9H12ClN.C9H12FN.C9H13NO.C9H13N.Y/c1-12(14,15)6-18-11-8(13)3-7(5-16)9(19(11)21)4-10(20)17-2;1-10(2,3)8-6-4-5-7-9(8)11;1-10(2,3)9-7-5-4-6-8-9;2*1-9(2,3)8-7(10)5-4-6-11-8;1-9(2,3)8-6-4-5-7-10(8)11;1-9(2,3)8-6-4-5-7-10-8;/h3,21H,2,4,6H2,1H3,(H,17,20);4-7H,1-3H3;4-8H,1-3H3;2*4-6H,1-3H3;4-7H,1-3H3;4-7H,1-3H3;/q-1;;;;;;;. The van der Waals surface area contributed by atoms with Crippen molar-refractivity contribution in [2.45, 2.75) is 176 Å². The predicted octanol–water partition coefficient (Wildman–Crippen LogP) is 16.4. The zero-order chi connectivity index (χ0) is 65.4. The third-order valence-corrected chi connectivity index (χ3v) is 12.0. The van der Waals surface area contributed by atoms with Crippen LogP contribution >= 0.6 is 11.6 Å². The number of nitrogens with zero attached hydrogens (tertiary/aromatic N) is 7. The first-order valence-electron chi connectivity index (χ1n) is 27.6. The van der Waals surface area contributed by atoms with Gasteiger partial charge in [0.25, 0.3) is 5.92 Å². The minimum Gasteiger partial charge on any atom is -0.618 e. The van der Waals surface area contributed by atoms with Gasteiger partial charge in [-0.1, -0.05) is 191 Å². The quantitative estimate of drug-likeness (QED) is 0.0584. The summed E-state index contributed by atoms with van der Waals surface area (Å²) in [5.41, 5.74) is 4.38. The van der Waals surface area contributed by atoms with Gasteiger partial charge in [0, 0.05) is 97.7 Å². The Bertz CT molecular complexity index is 2990. The Morgan fingerprint density at radius 3 is 1.50 bits per heavy atom. The number of aromatic nitrogens is 5. The summed E-state index contributed by atoms with van der Waals surface area (Å²) in [5, 5.41) is 32.6. The van der Waals surface area contributed by atoms with Crippen molar-refractivity contribution in [3.05, 3.63) is 231 Å². The van der Waals surface area contributed by atoms with Gasteiger partial charge < -0.3 is 15.7 Å². The van der Waals surface area contributed by atoms with Crippen molar-refractivity contribution < 1.29 is 69.4 Å². The van der Waals surface area contributed by atoms with Crippen molar-refractivity contribution in [3.63, 3.8) is 0 Å². The monoisotopic (exact) mass is 1280 g/mol. The molecule has 7 aromatic rings. The number of carbonyl (C=O) groups excluding carboxylic acids is 1. The van der Waals surface area contributed by atoms with Crippen LogP contribution in [0.5, 0.6) is 0 Å². The van der Waals surface area contributed by atoms with Gasteiger partial charge in [-0.25, -0.2) is 22.0 Å². The van der Waals surface area contributed by atoms with E-state index in [-0.39, 0.29) is 87.4 Å². The van der Waals surface area contributed by atoms with Gasteiger partial charge in [-0.15, -0.1) is 0 Å². The number of hydrogen-bond acceptors (Lipinski definition) is 8. The minimum absolute atomic E-state index is 0. The van der Waals surface area contributed by atoms with E-state index in [2.05, 4.69) is 126 Å². The fraction of sp³-hybridized carbons (Fsp3) is 0.412. The predicted molar refractivity (Wildman–Crippen MR) is 333 cm³/mol. The van der Waals surface area contributed by atoms with E-state index in [0.717, 1.165) is 32.4 Å². The maximum Gasteiger partial charge on any atom is 0.264 e. The Balaban J connectivity index is 0.000000997. The fourth-order valence-corrected chi connectivity index (χ4v) is 7.56. The molecule has 0 spiro atoms. The van der Waals surface area contributed by atoms with E-state index in [1.54, 1.807) is 36.7 Å². The topological polar surface area (TPSA) is 156 Å². The summed E-state index contributed by atoms with van der Waals surface area (Å²) >= 11 is 5.95. The van der Waals surface area contributed by atoms with Crippen LogP contribution in [0.25, 0.3) is 0 Å². The molecule has 5 heterocycles. The Kier molecular flexibility index (Phi) is 32.8. The SMILES string of the molecule is CC(C)(C)c1cccc[n+]1[O-].CC(C)(C)c1ccccc1.CC(C)(C)c1ccccc1F.CC(C)(C)c1ccccn1.CC(C)(C)c1ncccc1Cl.CC(C)(C)c1ncccc1F.[CH2-]NC(=O)Cc1c(C#N)cc(F)c(=NCC(C)(F)F)n1O.[Y]. The molecule has 0 bridgehead atoms. The average molecular weight is 1290 g/mol. The molecule has 0 fully saturated rings. The third kappa shape index (κ3) is 29.8. The molecule has 2 aromatic carbocycles. The summed E-state index contributed by atoms with van der Waals surface area (Å²) in [6, 6.07) is 38.0. The van der Waals surface area contributed by atoms with Gasteiger partial charge in [0.2, 0.25) is 0 Å². The molecule has 0 saturated heterocycles. The second-order valence-corrected chi connectivity index (χ2v) is 26.3. The van der Waals surface area contributed by atoms with E-state index in [4.69, 9.17) is 16.9 Å². The van der Waals surface area contributed by atoms with Crippen molar-refractivity contribution in [2.75, 3.05) is 6.54 Å². The van der Waals surface area contributed by atoms with Gasteiger partial charge in [0.1, 0.15) is 24.2 Å². The number of amides is 1. The Labute approximate surface area is 539 Å². The zero-order valence-corrected chi connectivity index (χ0v) is 57.3. The van der Waals surface area contributed by atoms with E-state index in [9.17, 15) is 37.2 Å². The van der Waals surface area contributed by atoms with E-state index in [1.807, 2.05) is 122 Å². The second-order valence-electron chi connectivity index (χ2n) is 25.9. The fourth-order valence-electron chi connectivity index (χ4n) is 7.15. The molecule has 18 heteroatoms. The number of benzene rings is 2. The van der Waals surface area contributed by atoms with E-state index in [0.29, 0.717) is 24.1 Å². The molecule has 0 aliphatic rings. The molecule has 0 atom stereocenters. The van der Waals surface area contributed by atoms with E-state index < -0.39 is 36.1 Å². The van der Waals surface area contributed by atoms with Crippen LogP contribution in [0.1, 0.15) is 177 Å². The Morgan fingerprint density at radius 2 is 1.14 bits per heavy atom. The molecule has 465 valence electrons. The molecule has 0 aliphatic carbocycles. The maximum atomic E-state index is 13.7. The van der Waals surface area contributed by atoms with Gasteiger partial charge in [-0.2, -0.15) is 14.7 Å². The number of nitrogens with one attached hydrogen (secondary N) is 1. The van der Waals surface area contributed by atoms with Crippen LogP contribution in [0.3, 0.4) is 0 Å². The molecule has 1 radical (unpaired) electrons. The van der Waals surface area contributed by atoms with Gasteiger partial charge in [0.15, 0.2) is 29.1 Å². The molecule has 11 nitrogen and oxygen atoms in total. The van der Waals surface area contributed by atoms with Crippen LogP contribution in [0.2, 0.25) is 5.02 Å². The summed E-state index contributed by atoms with van der Waals surface area (Å²) < 4.78 is 66.3. The van der Waals surface area contributed by atoms with E-state index in [1.165, 1.54) is 23.9 Å². The molecule has 7 rings (SSSR count). The molecular weight excluding hydrogens is 1200 g/mol. The van der Waals surface area contributed by atoms with Crippen LogP contribution in [0.4, 0.5) is 22.0 Å². The zero-order valence-electron chi connectivity index (χ0n) is 53.7. The maximum absolute atomic E-state index is 13.7. The van der Waals surface area contributed by atoms with Gasteiger partial charge in [0.05, 0.1) is 34.1 Å². The van der Waals surface area contributed by atoms with Crippen molar-refractivity contribution in [3.8, 4) is 6.07 Å².